The van der Waals surface area contributed by atoms with Gasteiger partial charge in [-0.2, -0.15) is 0 Å². The molecule has 0 saturated heterocycles. The largest absolute Gasteiger partial charge is 0.344 e. The lowest BCUT2D eigenvalue weighted by molar-refractivity contribution is -0.138. The van der Waals surface area contributed by atoms with E-state index in [1.807, 2.05) is 6.07 Å². The monoisotopic (exact) mass is 367 g/mol. The lowest BCUT2D eigenvalue weighted by Gasteiger charge is -2.21. The molecule has 0 fully saturated rings. The third-order valence-corrected chi connectivity index (χ3v) is 3.72. The molecule has 0 bridgehead atoms. The van der Waals surface area contributed by atoms with Crippen LogP contribution in [0.15, 0.2) is 30.3 Å². The molecule has 136 valence electrons. The molecule has 0 saturated carbocycles. The number of hydrogen-bond acceptors (Lipinski definition) is 5. The summed E-state index contributed by atoms with van der Waals surface area (Å²) in [5.74, 6) is -3.11. The van der Waals surface area contributed by atoms with Crippen molar-refractivity contribution in [3.8, 4) is 0 Å². The predicted octanol–water partition coefficient (Wildman–Crippen LogP) is -0.0572. The second-order valence-corrected chi connectivity index (χ2v) is 5.96. The summed E-state index contributed by atoms with van der Waals surface area (Å²) in [5, 5.41) is 4.93. The lowest BCUT2D eigenvalue weighted by atomic mass is 10.00. The van der Waals surface area contributed by atoms with E-state index in [-0.39, 0.29) is 6.42 Å². The van der Waals surface area contributed by atoms with E-state index in [4.69, 9.17) is 17.3 Å². The maximum atomic E-state index is 12.3. The van der Waals surface area contributed by atoms with E-state index >= 15 is 0 Å². The van der Waals surface area contributed by atoms with Crippen LogP contribution in [0.3, 0.4) is 0 Å². The second kappa shape index (κ2) is 9.90. The number of hydrogen-bond donors (Lipinski definition) is 3. The van der Waals surface area contributed by atoms with E-state index in [9.17, 15) is 19.2 Å². The summed E-state index contributed by atoms with van der Waals surface area (Å²) in [6.07, 6.45) is 0.141. The van der Waals surface area contributed by atoms with Gasteiger partial charge >= 0.3 is 0 Å². The Morgan fingerprint density at radius 1 is 1.04 bits per heavy atom. The van der Waals surface area contributed by atoms with Crippen molar-refractivity contribution in [2.24, 2.45) is 5.73 Å². The zero-order chi connectivity index (χ0) is 19.0. The smallest absolute Gasteiger partial charge is 0.242 e. The topological polar surface area (TPSA) is 118 Å². The number of carbonyl (C=O) groups excluding carboxylic acids is 4. The summed E-state index contributed by atoms with van der Waals surface area (Å²) in [5.41, 5.74) is 6.21. The maximum Gasteiger partial charge on any atom is 0.242 e. The Morgan fingerprint density at radius 3 is 2.16 bits per heavy atom. The maximum absolute atomic E-state index is 12.3. The number of benzene rings is 1. The van der Waals surface area contributed by atoms with Crippen LogP contribution in [0.1, 0.15) is 19.4 Å². The van der Waals surface area contributed by atoms with E-state index in [2.05, 4.69) is 10.6 Å². The van der Waals surface area contributed by atoms with Gasteiger partial charge in [-0.1, -0.05) is 30.3 Å². The number of amides is 2. The van der Waals surface area contributed by atoms with Crippen LogP contribution in [0.2, 0.25) is 0 Å². The molecule has 0 heterocycles. The van der Waals surface area contributed by atoms with Crippen LogP contribution < -0.4 is 16.4 Å². The van der Waals surface area contributed by atoms with Gasteiger partial charge in [0.25, 0.3) is 0 Å². The first-order valence-electron chi connectivity index (χ1n) is 7.79. The molecule has 0 unspecified atom stereocenters. The average Bonchev–Trinajstić information content (AvgIpc) is 2.60. The van der Waals surface area contributed by atoms with Gasteiger partial charge in [-0.3, -0.25) is 19.2 Å². The Balaban J connectivity index is 2.85. The SMILES string of the molecule is C[C@H](N)C(=O)N[C@@H](C)C(=O)N[C@@H](Cc1ccccc1)C(=O)C(=O)CCl. The zero-order valence-electron chi connectivity index (χ0n) is 14.1. The number of alkyl halides is 1. The van der Waals surface area contributed by atoms with Crippen molar-refractivity contribution in [2.75, 3.05) is 5.88 Å². The predicted molar refractivity (Wildman–Crippen MR) is 94.1 cm³/mol. The van der Waals surface area contributed by atoms with Crippen molar-refractivity contribution in [3.05, 3.63) is 35.9 Å². The highest BCUT2D eigenvalue weighted by Gasteiger charge is 2.28. The Bertz CT molecular complexity index is 634. The van der Waals surface area contributed by atoms with Gasteiger partial charge in [0, 0.05) is 6.42 Å². The molecule has 1 aromatic carbocycles. The van der Waals surface area contributed by atoms with Gasteiger partial charge in [0.15, 0.2) is 0 Å². The first-order valence-corrected chi connectivity index (χ1v) is 8.33. The Labute approximate surface area is 151 Å². The minimum absolute atomic E-state index is 0.141. The van der Waals surface area contributed by atoms with Crippen molar-refractivity contribution in [3.63, 3.8) is 0 Å². The molecule has 3 atom stereocenters. The third kappa shape index (κ3) is 6.64. The molecule has 2 amide bonds. The lowest BCUT2D eigenvalue weighted by Crippen LogP contribution is -2.54. The van der Waals surface area contributed by atoms with E-state index in [1.54, 1.807) is 24.3 Å². The van der Waals surface area contributed by atoms with Crippen LogP contribution in [0.4, 0.5) is 0 Å². The normalized spacial score (nSPS) is 14.1. The van der Waals surface area contributed by atoms with Crippen molar-refractivity contribution < 1.29 is 19.2 Å². The van der Waals surface area contributed by atoms with E-state index in [1.165, 1.54) is 13.8 Å². The van der Waals surface area contributed by atoms with E-state index < -0.39 is 47.4 Å². The molecule has 8 heteroatoms. The molecule has 4 N–H and O–H groups in total. The Kier molecular flexibility index (Phi) is 8.24. The highest BCUT2D eigenvalue weighted by molar-refractivity contribution is 6.48. The number of nitrogens with two attached hydrogens (primary N) is 1. The molecule has 0 aromatic heterocycles. The highest BCUT2D eigenvalue weighted by Crippen LogP contribution is 2.06. The van der Waals surface area contributed by atoms with Gasteiger partial charge in [-0.25, -0.2) is 0 Å². The van der Waals surface area contributed by atoms with Crippen LogP contribution in [0, 0.1) is 0 Å². The number of ketones is 2. The molecule has 7 nitrogen and oxygen atoms in total. The minimum Gasteiger partial charge on any atom is -0.344 e. The quantitative estimate of drug-likeness (QED) is 0.417. The molecule has 0 aliphatic rings. The fraction of sp³-hybridized carbons (Fsp3) is 0.412. The van der Waals surface area contributed by atoms with Crippen LogP contribution in [-0.4, -0.2) is 47.4 Å². The summed E-state index contributed by atoms with van der Waals surface area (Å²) in [7, 11) is 0. The summed E-state index contributed by atoms with van der Waals surface area (Å²) in [6, 6.07) is 6.20. The van der Waals surface area contributed by atoms with Gasteiger partial charge in [0.1, 0.15) is 6.04 Å². The number of rotatable bonds is 9. The van der Waals surface area contributed by atoms with Crippen molar-refractivity contribution >= 4 is 35.0 Å². The van der Waals surface area contributed by atoms with Gasteiger partial charge in [-0.15, -0.1) is 11.6 Å². The van der Waals surface area contributed by atoms with Crippen LogP contribution in [-0.2, 0) is 25.6 Å². The molecule has 25 heavy (non-hydrogen) atoms. The Morgan fingerprint density at radius 2 is 1.64 bits per heavy atom. The number of carbonyl (C=O) groups is 4. The molecule has 1 aromatic rings. The van der Waals surface area contributed by atoms with Crippen LogP contribution in [0.5, 0.6) is 0 Å². The second-order valence-electron chi connectivity index (χ2n) is 5.69. The summed E-state index contributed by atoms with van der Waals surface area (Å²) in [6.45, 7) is 2.95. The van der Waals surface area contributed by atoms with E-state index in [0.29, 0.717) is 0 Å². The van der Waals surface area contributed by atoms with Gasteiger partial charge in [0.05, 0.1) is 18.0 Å². The van der Waals surface area contributed by atoms with Crippen LogP contribution >= 0.6 is 11.6 Å². The molecule has 0 aliphatic carbocycles. The number of halogens is 1. The molecule has 1 rings (SSSR count). The summed E-state index contributed by atoms with van der Waals surface area (Å²) in [4.78, 5) is 47.7. The molecule has 0 radical (unpaired) electrons. The zero-order valence-corrected chi connectivity index (χ0v) is 14.9. The molecular formula is C17H22ClN3O4. The van der Waals surface area contributed by atoms with Crippen molar-refractivity contribution in [1.82, 2.24) is 10.6 Å². The van der Waals surface area contributed by atoms with E-state index in [0.717, 1.165) is 5.56 Å². The third-order valence-electron chi connectivity index (χ3n) is 3.48. The van der Waals surface area contributed by atoms with Gasteiger partial charge in [-0.05, 0) is 19.4 Å². The standard InChI is InChI=1S/C17H22ClN3O4/c1-10(19)16(24)20-11(2)17(25)21-13(15(23)14(22)9-18)8-12-6-4-3-5-7-12/h3-7,10-11,13H,8-9,19H2,1-2H3,(H,20,24)(H,21,25)/t10-,11-,13-/m0/s1. The fourth-order valence-electron chi connectivity index (χ4n) is 2.03. The average molecular weight is 368 g/mol. The van der Waals surface area contributed by atoms with Crippen molar-refractivity contribution in [1.29, 1.82) is 0 Å². The number of nitrogens with one attached hydrogen (secondary N) is 2. The van der Waals surface area contributed by atoms with Gasteiger partial charge < -0.3 is 16.4 Å². The van der Waals surface area contributed by atoms with Crippen LogP contribution in [0.25, 0.3) is 0 Å². The minimum atomic E-state index is -1.06. The first kappa shape index (κ1) is 20.8. The molecule has 0 spiro atoms. The fourth-order valence-corrected chi connectivity index (χ4v) is 2.16. The van der Waals surface area contributed by atoms with Gasteiger partial charge in [0.2, 0.25) is 23.4 Å². The summed E-state index contributed by atoms with van der Waals surface area (Å²) < 4.78 is 0. The Hall–Kier alpha value is -2.25. The summed E-state index contributed by atoms with van der Waals surface area (Å²) >= 11 is 5.44. The first-order chi connectivity index (χ1) is 11.8. The molecular weight excluding hydrogens is 346 g/mol. The molecule has 0 aliphatic heterocycles. The number of Topliss-reactive ketones (excluding diaryl/α,β-unsaturated/α-hetero) is 2. The highest BCUT2D eigenvalue weighted by atomic mass is 35.5. The van der Waals surface area contributed by atoms with Crippen molar-refractivity contribution in [2.45, 2.75) is 38.4 Å².